The second-order valence-electron chi connectivity index (χ2n) is 4.56. The van der Waals surface area contributed by atoms with Crippen LogP contribution in [-0.2, 0) is 0 Å². The lowest BCUT2D eigenvalue weighted by Crippen LogP contribution is -2.44. The second-order valence-corrected chi connectivity index (χ2v) is 4.56. The molecule has 0 aromatic carbocycles. The molecule has 0 saturated carbocycles. The van der Waals surface area contributed by atoms with Crippen LogP contribution in [0.2, 0.25) is 0 Å². The van der Waals surface area contributed by atoms with E-state index in [9.17, 15) is 8.78 Å². The third-order valence-corrected chi connectivity index (χ3v) is 3.02. The summed E-state index contributed by atoms with van der Waals surface area (Å²) < 4.78 is 27.0. The van der Waals surface area contributed by atoms with Gasteiger partial charge in [0.25, 0.3) is 0 Å². The topological polar surface area (TPSA) is 79.4 Å². The number of aromatic amines is 1. The minimum Gasteiger partial charge on any atom is -0.345 e. The highest BCUT2D eigenvalue weighted by Crippen LogP contribution is 2.23. The van der Waals surface area contributed by atoms with E-state index in [0.717, 1.165) is 12.4 Å². The van der Waals surface area contributed by atoms with Crippen molar-refractivity contribution < 1.29 is 8.78 Å². The predicted octanol–water partition coefficient (Wildman–Crippen LogP) is 1.55. The number of halogens is 2. The van der Waals surface area contributed by atoms with Crippen molar-refractivity contribution in [1.29, 1.82) is 0 Å². The number of nitrogens with two attached hydrogens (primary N) is 1. The molecule has 3 N–H and O–H groups in total. The Kier molecular flexibility index (Phi) is 2.46. The summed E-state index contributed by atoms with van der Waals surface area (Å²) in [6.45, 7) is 1.30. The molecule has 19 heavy (non-hydrogen) atoms. The van der Waals surface area contributed by atoms with E-state index in [1.54, 1.807) is 6.20 Å². The summed E-state index contributed by atoms with van der Waals surface area (Å²) in [4.78, 5) is 14.7. The summed E-state index contributed by atoms with van der Waals surface area (Å²) in [6, 6.07) is 1.32. The molecule has 0 fully saturated rings. The van der Waals surface area contributed by atoms with Gasteiger partial charge in [0.05, 0.1) is 6.20 Å². The monoisotopic (exact) mass is 263 g/mol. The van der Waals surface area contributed by atoms with Gasteiger partial charge in [-0.15, -0.1) is 0 Å². The van der Waals surface area contributed by atoms with Crippen molar-refractivity contribution in [2.75, 3.05) is 0 Å². The molecule has 5 nitrogen and oxygen atoms in total. The van der Waals surface area contributed by atoms with Crippen LogP contribution in [0.25, 0.3) is 11.0 Å². The van der Waals surface area contributed by atoms with Gasteiger partial charge in [0.15, 0.2) is 11.5 Å². The van der Waals surface area contributed by atoms with E-state index >= 15 is 0 Å². The van der Waals surface area contributed by atoms with E-state index in [1.807, 2.05) is 0 Å². The smallest absolute Gasteiger partial charge is 0.178 e. The van der Waals surface area contributed by atoms with Crippen LogP contribution in [0.15, 0.2) is 28.4 Å². The number of nitrogens with one attached hydrogen (secondary N) is 1. The predicted molar refractivity (Wildman–Crippen MR) is 68.6 cm³/mol. The first-order valence-electron chi connectivity index (χ1n) is 5.68. The van der Waals surface area contributed by atoms with E-state index in [2.05, 4.69) is 20.0 Å². The highest BCUT2D eigenvalue weighted by molar-refractivity contribution is 6.12. The maximum Gasteiger partial charge on any atom is 0.178 e. The van der Waals surface area contributed by atoms with Gasteiger partial charge < -0.3 is 10.7 Å². The number of rotatable bonds is 1. The number of fused-ring (bicyclic) bond motifs is 1. The van der Waals surface area contributed by atoms with E-state index in [0.29, 0.717) is 16.6 Å². The first kappa shape index (κ1) is 11.9. The van der Waals surface area contributed by atoms with Crippen LogP contribution < -0.4 is 5.73 Å². The second kappa shape index (κ2) is 3.92. The Labute approximate surface area is 107 Å². The van der Waals surface area contributed by atoms with Gasteiger partial charge in [-0.3, -0.25) is 0 Å². The van der Waals surface area contributed by atoms with Crippen LogP contribution in [0.4, 0.5) is 8.78 Å². The number of alkyl halides is 1. The first-order valence-corrected chi connectivity index (χ1v) is 5.68. The molecule has 0 amide bonds. The molecule has 0 radical (unpaired) electrons. The molecule has 1 aliphatic rings. The van der Waals surface area contributed by atoms with Crippen LogP contribution in [-0.4, -0.2) is 33.9 Å². The van der Waals surface area contributed by atoms with Crippen molar-refractivity contribution in [2.45, 2.75) is 18.8 Å². The molecule has 0 aliphatic carbocycles. The average molecular weight is 263 g/mol. The lowest BCUT2D eigenvalue weighted by Gasteiger charge is -2.23. The maximum atomic E-state index is 13.8. The van der Waals surface area contributed by atoms with E-state index in [1.165, 1.54) is 13.0 Å². The largest absolute Gasteiger partial charge is 0.345 e. The van der Waals surface area contributed by atoms with Crippen molar-refractivity contribution in [2.24, 2.45) is 15.7 Å². The number of hydrogen-bond donors (Lipinski definition) is 2. The van der Waals surface area contributed by atoms with Gasteiger partial charge in [0.1, 0.15) is 17.6 Å². The van der Waals surface area contributed by atoms with E-state index in [4.69, 9.17) is 5.73 Å². The molecule has 2 aromatic heterocycles. The molecule has 0 bridgehead atoms. The zero-order valence-corrected chi connectivity index (χ0v) is 10.1. The van der Waals surface area contributed by atoms with Gasteiger partial charge in [-0.25, -0.2) is 23.7 Å². The van der Waals surface area contributed by atoms with Crippen molar-refractivity contribution >= 4 is 23.1 Å². The van der Waals surface area contributed by atoms with E-state index < -0.39 is 17.7 Å². The number of aliphatic imine (C=N–C) groups is 2. The summed E-state index contributed by atoms with van der Waals surface area (Å²) >= 11 is 0. The number of H-pyrrole nitrogens is 1. The first-order chi connectivity index (χ1) is 8.97. The van der Waals surface area contributed by atoms with Crippen molar-refractivity contribution in [3.8, 4) is 0 Å². The Bertz CT molecular complexity index is 701. The fraction of sp³-hybridized carbons (Fsp3) is 0.250. The van der Waals surface area contributed by atoms with Gasteiger partial charge in [0, 0.05) is 23.4 Å². The van der Waals surface area contributed by atoms with Crippen LogP contribution in [0.3, 0.4) is 0 Å². The van der Waals surface area contributed by atoms with Crippen LogP contribution >= 0.6 is 0 Å². The third kappa shape index (κ3) is 1.91. The highest BCUT2D eigenvalue weighted by atomic mass is 19.1. The van der Waals surface area contributed by atoms with Gasteiger partial charge >= 0.3 is 0 Å². The molecular weight excluding hydrogens is 252 g/mol. The molecule has 3 heterocycles. The Morgan fingerprint density at radius 2 is 2.26 bits per heavy atom. The van der Waals surface area contributed by atoms with Crippen molar-refractivity contribution in [3.05, 3.63) is 29.8 Å². The normalized spacial score (nSPS) is 26.7. The Morgan fingerprint density at radius 1 is 1.47 bits per heavy atom. The Balaban J connectivity index is 2.11. The average Bonchev–Trinajstić information content (AvgIpc) is 2.76. The molecule has 2 unspecified atom stereocenters. The highest BCUT2D eigenvalue weighted by Gasteiger charge is 2.33. The van der Waals surface area contributed by atoms with Crippen LogP contribution in [0, 0.1) is 5.82 Å². The Morgan fingerprint density at radius 3 is 3.00 bits per heavy atom. The van der Waals surface area contributed by atoms with Gasteiger partial charge in [-0.2, -0.15) is 0 Å². The summed E-state index contributed by atoms with van der Waals surface area (Å²) in [7, 11) is 0. The molecule has 3 rings (SSSR count). The SMILES string of the molecule is CC1(F)C=NC(c2c[nH]c3ncc(F)cc23)=NC1N. The summed E-state index contributed by atoms with van der Waals surface area (Å²) in [5, 5.41) is 0.533. The molecular formula is C12H11F2N5. The fourth-order valence-electron chi connectivity index (χ4n) is 1.86. The van der Waals surface area contributed by atoms with Crippen LogP contribution in [0.5, 0.6) is 0 Å². The maximum absolute atomic E-state index is 13.8. The zero-order valence-electron chi connectivity index (χ0n) is 10.1. The van der Waals surface area contributed by atoms with Crippen LogP contribution in [0.1, 0.15) is 12.5 Å². The zero-order chi connectivity index (χ0) is 13.6. The van der Waals surface area contributed by atoms with E-state index in [-0.39, 0.29) is 5.84 Å². The lowest BCUT2D eigenvalue weighted by atomic mass is 10.1. The molecule has 0 saturated heterocycles. The van der Waals surface area contributed by atoms with Gasteiger partial charge in [-0.1, -0.05) is 0 Å². The number of pyridine rings is 1. The fourth-order valence-corrected chi connectivity index (χ4v) is 1.86. The lowest BCUT2D eigenvalue weighted by molar-refractivity contribution is 0.243. The summed E-state index contributed by atoms with van der Waals surface area (Å²) in [5.41, 5.74) is 4.91. The summed E-state index contributed by atoms with van der Waals surface area (Å²) in [5.74, 6) is -0.199. The number of aromatic nitrogens is 2. The van der Waals surface area contributed by atoms with Gasteiger partial charge in [-0.05, 0) is 13.0 Å². The quantitative estimate of drug-likeness (QED) is 0.818. The van der Waals surface area contributed by atoms with Crippen molar-refractivity contribution in [1.82, 2.24) is 9.97 Å². The standard InChI is InChI=1S/C12H11F2N5/c1-12(14)5-18-10(19-11(12)15)8-4-17-9-7(8)2-6(13)3-16-9/h2-5,11H,15H2,1H3,(H,16,17). The number of nitrogens with zero attached hydrogens (tertiary/aromatic N) is 3. The molecule has 1 aliphatic heterocycles. The minimum atomic E-state index is -1.78. The number of hydrogen-bond acceptors (Lipinski definition) is 4. The van der Waals surface area contributed by atoms with Crippen molar-refractivity contribution in [3.63, 3.8) is 0 Å². The van der Waals surface area contributed by atoms with Gasteiger partial charge in [0.2, 0.25) is 0 Å². The molecule has 2 atom stereocenters. The molecule has 0 spiro atoms. The Hall–Kier alpha value is -2.15. The molecule has 7 heteroatoms. The third-order valence-electron chi connectivity index (χ3n) is 3.02. The molecule has 2 aromatic rings. The summed E-state index contributed by atoms with van der Waals surface area (Å²) in [6.07, 6.45) is 2.79. The minimum absolute atomic E-state index is 0.265. The molecule has 98 valence electrons. The number of amidine groups is 1.